The Kier molecular flexibility index (Phi) is 4.62. The molecule has 3 N–H and O–H groups in total. The lowest BCUT2D eigenvalue weighted by Gasteiger charge is -2.33. The molecule has 0 aromatic heterocycles. The first-order valence-corrected chi connectivity index (χ1v) is 5.26. The van der Waals surface area contributed by atoms with E-state index in [9.17, 15) is 0 Å². The Morgan fingerprint density at radius 3 is 2.58 bits per heavy atom. The summed E-state index contributed by atoms with van der Waals surface area (Å²) in [4.78, 5) is 0. The Bertz CT molecular complexity index is 108. The first-order valence-electron chi connectivity index (χ1n) is 5.26. The predicted octanol–water partition coefficient (Wildman–Crippen LogP) is 1.50. The van der Waals surface area contributed by atoms with Gasteiger partial charge < -0.3 is 11.1 Å². The van der Waals surface area contributed by atoms with Crippen LogP contribution in [0.25, 0.3) is 0 Å². The minimum atomic E-state index is 0.831. The van der Waals surface area contributed by atoms with Crippen LogP contribution in [0.15, 0.2) is 0 Å². The van der Waals surface area contributed by atoms with Crippen LogP contribution >= 0.6 is 0 Å². The highest BCUT2D eigenvalue weighted by atomic mass is 14.9. The monoisotopic (exact) mass is 170 g/mol. The summed E-state index contributed by atoms with van der Waals surface area (Å²) in [5.41, 5.74) is 5.41. The molecule has 0 aliphatic heterocycles. The van der Waals surface area contributed by atoms with Crippen molar-refractivity contribution in [1.82, 2.24) is 5.32 Å². The summed E-state index contributed by atoms with van der Waals surface area (Å²) >= 11 is 0. The highest BCUT2D eigenvalue weighted by Crippen LogP contribution is 2.25. The topological polar surface area (TPSA) is 38.0 Å². The number of hydrogen-bond acceptors (Lipinski definition) is 2. The number of hydrogen-bond donors (Lipinski definition) is 2. The molecule has 2 heteroatoms. The van der Waals surface area contributed by atoms with Gasteiger partial charge >= 0.3 is 0 Å². The van der Waals surface area contributed by atoms with Crippen LogP contribution in [-0.4, -0.2) is 19.1 Å². The van der Waals surface area contributed by atoms with E-state index in [1.807, 2.05) is 0 Å². The van der Waals surface area contributed by atoms with E-state index < -0.39 is 0 Å². The third-order valence-electron chi connectivity index (χ3n) is 2.69. The first-order chi connectivity index (χ1) is 5.83. The fraction of sp³-hybridized carbons (Fsp3) is 1.00. The van der Waals surface area contributed by atoms with E-state index >= 15 is 0 Å². The van der Waals surface area contributed by atoms with Crippen LogP contribution in [0.1, 0.15) is 39.0 Å². The predicted molar refractivity (Wildman–Crippen MR) is 53.1 cm³/mol. The maximum absolute atomic E-state index is 5.41. The molecule has 0 bridgehead atoms. The van der Waals surface area contributed by atoms with E-state index in [0.29, 0.717) is 0 Å². The first kappa shape index (κ1) is 10.0. The second-order valence-electron chi connectivity index (χ2n) is 4.08. The normalized spacial score (nSPS) is 28.5. The minimum absolute atomic E-state index is 0.831. The number of nitrogens with one attached hydrogen (secondary N) is 1. The molecule has 1 saturated carbocycles. The largest absolute Gasteiger partial charge is 0.330 e. The lowest BCUT2D eigenvalue weighted by atomic mass is 9.82. The zero-order valence-corrected chi connectivity index (χ0v) is 8.18. The van der Waals surface area contributed by atoms with Crippen molar-refractivity contribution in [3.63, 3.8) is 0 Å². The van der Waals surface area contributed by atoms with Crippen LogP contribution in [-0.2, 0) is 0 Å². The second-order valence-corrected chi connectivity index (χ2v) is 4.08. The smallest absolute Gasteiger partial charge is 0.00721 e. The summed E-state index contributed by atoms with van der Waals surface area (Å²) < 4.78 is 0. The van der Waals surface area contributed by atoms with Crippen LogP contribution in [0.5, 0.6) is 0 Å². The molecule has 2 nitrogen and oxygen atoms in total. The second kappa shape index (κ2) is 5.55. The summed E-state index contributed by atoms with van der Waals surface area (Å²) in [6.45, 7) is 4.37. The van der Waals surface area contributed by atoms with Gasteiger partial charge in [-0.1, -0.05) is 13.3 Å². The molecule has 1 rings (SSSR count). The quantitative estimate of drug-likeness (QED) is 0.593. The van der Waals surface area contributed by atoms with Gasteiger partial charge in [-0.15, -0.1) is 0 Å². The zero-order chi connectivity index (χ0) is 8.81. The molecule has 0 spiro atoms. The molecule has 0 aromatic rings. The van der Waals surface area contributed by atoms with Crippen molar-refractivity contribution in [1.29, 1.82) is 0 Å². The van der Waals surface area contributed by atoms with E-state index in [2.05, 4.69) is 12.2 Å². The van der Waals surface area contributed by atoms with Gasteiger partial charge in [0, 0.05) is 6.04 Å². The van der Waals surface area contributed by atoms with Gasteiger partial charge in [-0.3, -0.25) is 0 Å². The Morgan fingerprint density at radius 1 is 1.25 bits per heavy atom. The SMILES string of the molecule is CC1CC(NCCCCCN)C1. The molecule has 0 radical (unpaired) electrons. The van der Waals surface area contributed by atoms with E-state index in [-0.39, 0.29) is 0 Å². The molecule has 1 aliphatic rings. The standard InChI is InChI=1S/C10H22N2/c1-9-7-10(8-9)12-6-4-2-3-5-11/h9-10,12H,2-8,11H2,1H3. The Hall–Kier alpha value is -0.0800. The molecular weight excluding hydrogens is 148 g/mol. The van der Waals surface area contributed by atoms with Crippen molar-refractivity contribution in [3.05, 3.63) is 0 Å². The Morgan fingerprint density at radius 2 is 2.00 bits per heavy atom. The van der Waals surface area contributed by atoms with Gasteiger partial charge in [0.1, 0.15) is 0 Å². The Balaban J connectivity index is 1.77. The van der Waals surface area contributed by atoms with Gasteiger partial charge in [-0.05, 0) is 44.7 Å². The van der Waals surface area contributed by atoms with Crippen molar-refractivity contribution >= 4 is 0 Å². The number of rotatable bonds is 6. The third-order valence-corrected chi connectivity index (χ3v) is 2.69. The molecule has 0 unspecified atom stereocenters. The van der Waals surface area contributed by atoms with E-state index in [4.69, 9.17) is 5.73 Å². The van der Waals surface area contributed by atoms with Crippen LogP contribution < -0.4 is 11.1 Å². The summed E-state index contributed by atoms with van der Waals surface area (Å²) in [7, 11) is 0. The van der Waals surface area contributed by atoms with E-state index in [0.717, 1.165) is 18.5 Å². The molecule has 0 atom stereocenters. The molecule has 0 amide bonds. The molecular formula is C10H22N2. The molecule has 1 aliphatic carbocycles. The number of nitrogens with two attached hydrogens (primary N) is 1. The molecule has 0 saturated heterocycles. The van der Waals surface area contributed by atoms with Gasteiger partial charge in [-0.25, -0.2) is 0 Å². The third kappa shape index (κ3) is 3.55. The maximum atomic E-state index is 5.41. The van der Waals surface area contributed by atoms with Gasteiger partial charge in [0.2, 0.25) is 0 Å². The summed E-state index contributed by atoms with van der Waals surface area (Å²) in [5.74, 6) is 0.964. The molecule has 72 valence electrons. The fourth-order valence-corrected chi connectivity index (χ4v) is 1.82. The zero-order valence-electron chi connectivity index (χ0n) is 8.18. The van der Waals surface area contributed by atoms with Gasteiger partial charge in [0.15, 0.2) is 0 Å². The van der Waals surface area contributed by atoms with Crippen molar-refractivity contribution < 1.29 is 0 Å². The lowest BCUT2D eigenvalue weighted by molar-refractivity contribution is 0.241. The average molecular weight is 170 g/mol. The van der Waals surface area contributed by atoms with Crippen LogP contribution in [0.2, 0.25) is 0 Å². The van der Waals surface area contributed by atoms with Crippen molar-refractivity contribution in [2.45, 2.75) is 45.1 Å². The molecule has 0 heterocycles. The highest BCUT2D eigenvalue weighted by Gasteiger charge is 2.23. The summed E-state index contributed by atoms with van der Waals surface area (Å²) in [6.07, 6.45) is 6.53. The minimum Gasteiger partial charge on any atom is -0.330 e. The fourth-order valence-electron chi connectivity index (χ4n) is 1.82. The highest BCUT2D eigenvalue weighted by molar-refractivity contribution is 4.81. The Labute approximate surface area is 75.9 Å². The van der Waals surface area contributed by atoms with Gasteiger partial charge in [0.25, 0.3) is 0 Å². The van der Waals surface area contributed by atoms with Crippen molar-refractivity contribution in [3.8, 4) is 0 Å². The molecule has 1 fully saturated rings. The molecule has 0 aromatic carbocycles. The van der Waals surface area contributed by atoms with Gasteiger partial charge in [-0.2, -0.15) is 0 Å². The maximum Gasteiger partial charge on any atom is 0.00721 e. The van der Waals surface area contributed by atoms with Crippen molar-refractivity contribution in [2.24, 2.45) is 11.7 Å². The van der Waals surface area contributed by atoms with E-state index in [1.54, 1.807) is 0 Å². The lowest BCUT2D eigenvalue weighted by Crippen LogP contribution is -2.40. The van der Waals surface area contributed by atoms with Crippen LogP contribution in [0.4, 0.5) is 0 Å². The van der Waals surface area contributed by atoms with Gasteiger partial charge in [0.05, 0.1) is 0 Å². The average Bonchev–Trinajstić information content (AvgIpc) is 2.00. The number of unbranched alkanes of at least 4 members (excludes halogenated alkanes) is 2. The van der Waals surface area contributed by atoms with Crippen LogP contribution in [0, 0.1) is 5.92 Å². The molecule has 12 heavy (non-hydrogen) atoms. The van der Waals surface area contributed by atoms with Crippen molar-refractivity contribution in [2.75, 3.05) is 13.1 Å². The summed E-state index contributed by atoms with van der Waals surface area (Å²) in [6, 6.07) is 0.831. The summed E-state index contributed by atoms with van der Waals surface area (Å²) in [5, 5.41) is 3.57. The van der Waals surface area contributed by atoms with Crippen LogP contribution in [0.3, 0.4) is 0 Å². The van der Waals surface area contributed by atoms with E-state index in [1.165, 1.54) is 38.6 Å².